The largest absolute Gasteiger partial charge is 0.478 e. The fourth-order valence-corrected chi connectivity index (χ4v) is 4.51. The first-order chi connectivity index (χ1) is 14.9. The molecule has 0 spiro atoms. The number of thioether (sulfide) groups is 1. The number of aliphatic imine (C=N–C) groups is 1. The van der Waals surface area contributed by atoms with Gasteiger partial charge in [0.1, 0.15) is 0 Å². The Balaban J connectivity index is 1.50. The van der Waals surface area contributed by atoms with Crippen molar-refractivity contribution in [2.45, 2.75) is 6.42 Å². The molecule has 1 fully saturated rings. The van der Waals surface area contributed by atoms with Crippen LogP contribution in [0.5, 0.6) is 0 Å². The van der Waals surface area contributed by atoms with Gasteiger partial charge in [0, 0.05) is 18.0 Å². The Bertz CT molecular complexity index is 1150. The quantitative estimate of drug-likeness (QED) is 0.600. The number of benzene rings is 2. The number of carbonyl (C=O) groups excluding carboxylic acids is 1. The second-order valence-electron chi connectivity index (χ2n) is 7.20. The lowest BCUT2D eigenvalue weighted by Crippen LogP contribution is -2.23. The highest BCUT2D eigenvalue weighted by molar-refractivity contribution is 8.18. The Morgan fingerprint density at radius 1 is 1.19 bits per heavy atom. The lowest BCUT2D eigenvalue weighted by Gasteiger charge is -2.16. The number of likely N-dealkylation sites (N-methyl/N-ethyl adjacent to an activating group) is 1. The number of aromatic carboxylic acids is 1. The molecule has 2 aliphatic rings. The van der Waals surface area contributed by atoms with Crippen LogP contribution in [-0.2, 0) is 4.79 Å². The van der Waals surface area contributed by atoms with Crippen molar-refractivity contribution in [1.29, 1.82) is 0 Å². The van der Waals surface area contributed by atoms with E-state index in [1.54, 1.807) is 19.2 Å². The summed E-state index contributed by atoms with van der Waals surface area (Å²) < 4.78 is 0. The fraction of sp³-hybridized carbons (Fsp3) is 0.125. The number of allylic oxidation sites excluding steroid dienone is 5. The minimum atomic E-state index is -0.987. The van der Waals surface area contributed by atoms with Crippen molar-refractivity contribution in [1.82, 2.24) is 4.90 Å². The average molecular weight is 451 g/mol. The van der Waals surface area contributed by atoms with Crippen molar-refractivity contribution in [3.05, 3.63) is 93.9 Å². The van der Waals surface area contributed by atoms with Crippen molar-refractivity contribution in [3.8, 4) is 0 Å². The Morgan fingerprint density at radius 2 is 1.90 bits per heavy atom. The van der Waals surface area contributed by atoms with Gasteiger partial charge in [-0.05, 0) is 65.7 Å². The molecule has 1 heterocycles. The van der Waals surface area contributed by atoms with E-state index >= 15 is 0 Å². The molecular formula is C24H19ClN2O3S. The van der Waals surface area contributed by atoms with Gasteiger partial charge in [-0.3, -0.25) is 9.69 Å². The van der Waals surface area contributed by atoms with Gasteiger partial charge in [-0.1, -0.05) is 48.0 Å². The van der Waals surface area contributed by atoms with Gasteiger partial charge >= 0.3 is 5.97 Å². The van der Waals surface area contributed by atoms with E-state index in [9.17, 15) is 9.59 Å². The molecule has 1 saturated heterocycles. The molecule has 1 amide bonds. The summed E-state index contributed by atoms with van der Waals surface area (Å²) in [5.74, 6) is -0.980. The third kappa shape index (κ3) is 4.81. The predicted molar refractivity (Wildman–Crippen MR) is 126 cm³/mol. The minimum absolute atomic E-state index is 0.0955. The average Bonchev–Trinajstić information content (AvgIpc) is 3.02. The first-order valence-corrected chi connectivity index (χ1v) is 10.8. The lowest BCUT2D eigenvalue weighted by atomic mass is 9.89. The lowest BCUT2D eigenvalue weighted by molar-refractivity contribution is -0.121. The smallest absolute Gasteiger partial charge is 0.335 e. The molecule has 5 nitrogen and oxygen atoms in total. The maximum absolute atomic E-state index is 12.7. The molecule has 1 aliphatic carbocycles. The van der Waals surface area contributed by atoms with Gasteiger partial charge in [0.25, 0.3) is 5.91 Å². The normalized spacial score (nSPS) is 21.1. The Labute approximate surface area is 189 Å². The summed E-state index contributed by atoms with van der Waals surface area (Å²) in [7, 11) is 1.69. The van der Waals surface area contributed by atoms with Gasteiger partial charge in [0.15, 0.2) is 5.17 Å². The molecule has 2 aromatic carbocycles. The van der Waals surface area contributed by atoms with Crippen LogP contribution in [0.2, 0.25) is 5.02 Å². The number of carboxylic acid groups (broad SMARTS) is 1. The molecule has 1 aliphatic heterocycles. The van der Waals surface area contributed by atoms with Crippen molar-refractivity contribution in [3.63, 3.8) is 0 Å². The second kappa shape index (κ2) is 8.96. The molecule has 4 rings (SSSR count). The van der Waals surface area contributed by atoms with Gasteiger partial charge in [0.2, 0.25) is 0 Å². The minimum Gasteiger partial charge on any atom is -0.478 e. The molecule has 31 heavy (non-hydrogen) atoms. The van der Waals surface area contributed by atoms with Gasteiger partial charge < -0.3 is 5.11 Å². The molecule has 2 aromatic rings. The highest BCUT2D eigenvalue weighted by Crippen LogP contribution is 2.35. The zero-order valence-electron chi connectivity index (χ0n) is 16.7. The molecule has 0 bridgehead atoms. The number of nitrogens with zero attached hydrogens (tertiary/aromatic N) is 2. The molecule has 1 unspecified atom stereocenters. The molecule has 0 radical (unpaired) electrons. The number of hydrogen-bond donors (Lipinski definition) is 1. The van der Waals surface area contributed by atoms with Crippen LogP contribution in [0, 0.1) is 5.92 Å². The van der Waals surface area contributed by atoms with Crippen LogP contribution in [0.15, 0.2) is 82.7 Å². The molecule has 0 saturated carbocycles. The fourth-order valence-electron chi connectivity index (χ4n) is 3.35. The van der Waals surface area contributed by atoms with E-state index in [1.165, 1.54) is 34.4 Å². The van der Waals surface area contributed by atoms with E-state index in [1.807, 2.05) is 36.4 Å². The number of carbonyl (C=O) groups is 2. The monoisotopic (exact) mass is 450 g/mol. The second-order valence-corrected chi connectivity index (χ2v) is 8.64. The standard InChI is InChI=1S/C24H19ClN2O3S/c1-27-22(28)21(31-24(27)26-20-11-7-17(8-12-20)23(29)30)14-15-3-2-4-18(13-15)16-5-9-19(25)10-6-16/h2-12,14-15H,13H2,1H3,(H,29,30)/b21-14-,26-24+. The maximum atomic E-state index is 12.7. The third-order valence-corrected chi connectivity index (χ3v) is 6.36. The van der Waals surface area contributed by atoms with Crippen LogP contribution in [0.1, 0.15) is 22.3 Å². The molecular weight excluding hydrogens is 432 g/mol. The molecule has 1 atom stereocenters. The number of amides is 1. The number of halogens is 1. The maximum Gasteiger partial charge on any atom is 0.335 e. The van der Waals surface area contributed by atoms with Crippen molar-refractivity contribution >= 4 is 51.7 Å². The van der Waals surface area contributed by atoms with Crippen molar-refractivity contribution < 1.29 is 14.7 Å². The summed E-state index contributed by atoms with van der Waals surface area (Å²) in [5, 5.41) is 10.3. The van der Waals surface area contributed by atoms with E-state index < -0.39 is 5.97 Å². The summed E-state index contributed by atoms with van der Waals surface area (Å²) in [4.78, 5) is 30.4. The Morgan fingerprint density at radius 3 is 2.58 bits per heavy atom. The zero-order chi connectivity index (χ0) is 22.0. The van der Waals surface area contributed by atoms with E-state index in [4.69, 9.17) is 16.7 Å². The Kier molecular flexibility index (Phi) is 6.11. The van der Waals surface area contributed by atoms with Crippen LogP contribution >= 0.6 is 23.4 Å². The van der Waals surface area contributed by atoms with Gasteiger partial charge in [-0.2, -0.15) is 0 Å². The highest BCUT2D eigenvalue weighted by atomic mass is 35.5. The molecule has 7 heteroatoms. The number of hydrogen-bond acceptors (Lipinski definition) is 4. The van der Waals surface area contributed by atoms with E-state index in [-0.39, 0.29) is 17.4 Å². The Hall–Kier alpha value is -3.09. The van der Waals surface area contributed by atoms with Crippen LogP contribution in [0.25, 0.3) is 5.57 Å². The van der Waals surface area contributed by atoms with Gasteiger partial charge in [-0.25, -0.2) is 9.79 Å². The van der Waals surface area contributed by atoms with Crippen LogP contribution in [0.3, 0.4) is 0 Å². The van der Waals surface area contributed by atoms with E-state index in [2.05, 4.69) is 17.1 Å². The summed E-state index contributed by atoms with van der Waals surface area (Å²) >= 11 is 7.32. The van der Waals surface area contributed by atoms with Crippen LogP contribution in [0.4, 0.5) is 5.69 Å². The van der Waals surface area contributed by atoms with Crippen LogP contribution < -0.4 is 0 Å². The van der Waals surface area contributed by atoms with Crippen LogP contribution in [-0.4, -0.2) is 34.1 Å². The predicted octanol–water partition coefficient (Wildman–Crippen LogP) is 5.77. The van der Waals surface area contributed by atoms with Gasteiger partial charge in [0.05, 0.1) is 16.2 Å². The number of carboxylic acids is 1. The van der Waals surface area contributed by atoms with E-state index in [0.717, 1.165) is 12.0 Å². The van der Waals surface area contributed by atoms with E-state index in [0.29, 0.717) is 20.8 Å². The summed E-state index contributed by atoms with van der Waals surface area (Å²) in [5.41, 5.74) is 3.10. The summed E-state index contributed by atoms with van der Waals surface area (Å²) in [6.07, 6.45) is 8.96. The van der Waals surface area contributed by atoms with Gasteiger partial charge in [-0.15, -0.1) is 0 Å². The first kappa shape index (κ1) is 21.2. The highest BCUT2D eigenvalue weighted by Gasteiger charge is 2.31. The zero-order valence-corrected chi connectivity index (χ0v) is 18.2. The molecule has 1 N–H and O–H groups in total. The van der Waals surface area contributed by atoms with Crippen molar-refractivity contribution in [2.24, 2.45) is 10.9 Å². The molecule has 156 valence electrons. The summed E-state index contributed by atoms with van der Waals surface area (Å²) in [6, 6.07) is 14.0. The SMILES string of the molecule is CN1C(=O)/C(=C/C2C=CC=C(c3ccc(Cl)cc3)C2)S/C1=N/c1ccc(C(=O)O)cc1. The number of rotatable bonds is 4. The molecule has 0 aromatic heterocycles. The first-order valence-electron chi connectivity index (χ1n) is 9.64. The van der Waals surface area contributed by atoms with Crippen molar-refractivity contribution in [2.75, 3.05) is 7.05 Å². The number of amidine groups is 1. The third-order valence-electron chi connectivity index (χ3n) is 5.03. The topological polar surface area (TPSA) is 70.0 Å². The summed E-state index contributed by atoms with van der Waals surface area (Å²) in [6.45, 7) is 0.